The summed E-state index contributed by atoms with van der Waals surface area (Å²) in [7, 11) is -3.08. The van der Waals surface area contributed by atoms with Crippen molar-refractivity contribution in [1.29, 1.82) is 0 Å². The van der Waals surface area contributed by atoms with E-state index in [2.05, 4.69) is 25.1 Å². The zero-order chi connectivity index (χ0) is 40.6. The average Bonchev–Trinajstić information content (AvgIpc) is 3.72. The Bertz CT molecular complexity index is 1890. The highest BCUT2D eigenvalue weighted by Crippen LogP contribution is 2.45. The maximum atomic E-state index is 15.1. The van der Waals surface area contributed by atoms with Crippen LogP contribution in [0.2, 0.25) is 0 Å². The normalized spacial score (nSPS) is 22.0. The lowest BCUT2D eigenvalue weighted by atomic mass is 9.96. The number of methoxy groups -OCH3 is 1. The number of nitrogens with two attached hydrogens (primary N) is 1. The molecule has 17 nitrogen and oxygen atoms in total. The van der Waals surface area contributed by atoms with Crippen LogP contribution >= 0.6 is 7.67 Å². The first-order valence-corrected chi connectivity index (χ1v) is 20.1. The van der Waals surface area contributed by atoms with Gasteiger partial charge in [-0.15, -0.1) is 0 Å². The van der Waals surface area contributed by atoms with Gasteiger partial charge in [-0.1, -0.05) is 101 Å². The molecule has 1 fully saturated rings. The Labute approximate surface area is 325 Å². The van der Waals surface area contributed by atoms with Gasteiger partial charge in [-0.2, -0.15) is 9.97 Å². The number of carbonyl (C=O) groups excluding carboxylic acids is 2. The SMILES string of the molecule is CC[C@H](C)[C@H](NP(=O)(N[C@H](C(=O)OCc1ccccc1)[C@@H](C)CC)OC[C@H]1O[C@@H](n2cnc3c(OC)nc(N)nc32)[C@](C)(O)[C@@H]1O)C(=O)OCc1ccccc1. The topological polar surface area (TPSA) is 231 Å². The number of carbonyl (C=O) groups is 2. The highest BCUT2D eigenvalue weighted by molar-refractivity contribution is 7.54. The van der Waals surface area contributed by atoms with Crippen LogP contribution in [0.3, 0.4) is 0 Å². The predicted octanol–water partition coefficient (Wildman–Crippen LogP) is 4.05. The molecule has 3 heterocycles. The molecule has 8 atom stereocenters. The van der Waals surface area contributed by atoms with Gasteiger partial charge in [-0.3, -0.25) is 18.7 Å². The van der Waals surface area contributed by atoms with Crippen molar-refractivity contribution >= 4 is 36.7 Å². The van der Waals surface area contributed by atoms with E-state index < -0.39 is 74.2 Å². The number of nitrogen functional groups attached to an aromatic ring is 1. The van der Waals surface area contributed by atoms with Gasteiger partial charge in [0.2, 0.25) is 11.8 Å². The maximum absolute atomic E-state index is 15.1. The summed E-state index contributed by atoms with van der Waals surface area (Å²) in [6.07, 6.45) is -1.86. The number of hydrogen-bond donors (Lipinski definition) is 5. The first-order valence-electron chi connectivity index (χ1n) is 18.5. The molecule has 18 heteroatoms. The van der Waals surface area contributed by atoms with Crippen molar-refractivity contribution in [2.24, 2.45) is 11.8 Å². The van der Waals surface area contributed by atoms with E-state index in [4.69, 9.17) is 29.2 Å². The third-order valence-electron chi connectivity index (χ3n) is 10.0. The van der Waals surface area contributed by atoms with Gasteiger partial charge in [0.1, 0.15) is 43.1 Å². The summed E-state index contributed by atoms with van der Waals surface area (Å²) < 4.78 is 45.4. The molecule has 1 aliphatic rings. The first kappa shape index (κ1) is 42.7. The summed E-state index contributed by atoms with van der Waals surface area (Å²) in [6.45, 7) is 8.04. The maximum Gasteiger partial charge on any atom is 0.342 e. The molecule has 5 rings (SSSR count). The fourth-order valence-electron chi connectivity index (χ4n) is 6.19. The predicted molar refractivity (Wildman–Crippen MR) is 206 cm³/mol. The van der Waals surface area contributed by atoms with Crippen LogP contribution in [0.15, 0.2) is 67.0 Å². The van der Waals surface area contributed by atoms with Crippen molar-refractivity contribution in [2.45, 2.75) is 96.8 Å². The number of aliphatic hydroxyl groups excluding tert-OH is 1. The van der Waals surface area contributed by atoms with E-state index in [1.54, 1.807) is 13.8 Å². The lowest BCUT2D eigenvalue weighted by Gasteiger charge is -2.32. The fraction of sp³-hybridized carbons (Fsp3) is 0.500. The summed E-state index contributed by atoms with van der Waals surface area (Å²) in [5, 5.41) is 28.8. The number of nitrogens with one attached hydrogen (secondary N) is 2. The second kappa shape index (κ2) is 18.6. The van der Waals surface area contributed by atoms with Crippen LogP contribution in [0.1, 0.15) is 64.8 Å². The molecular weight excluding hydrogens is 745 g/mol. The number of imidazole rings is 1. The minimum absolute atomic E-state index is 0.0296. The number of nitrogens with zero attached hydrogens (tertiary/aromatic N) is 4. The molecule has 2 aromatic heterocycles. The van der Waals surface area contributed by atoms with Crippen LogP contribution in [0.4, 0.5) is 5.95 Å². The van der Waals surface area contributed by atoms with E-state index >= 15 is 4.57 Å². The number of aromatic nitrogens is 4. The van der Waals surface area contributed by atoms with Crippen molar-refractivity contribution in [2.75, 3.05) is 19.5 Å². The second-order valence-electron chi connectivity index (χ2n) is 14.1. The molecule has 4 aromatic rings. The fourth-order valence-corrected chi connectivity index (χ4v) is 8.22. The zero-order valence-electron chi connectivity index (χ0n) is 32.4. The van der Waals surface area contributed by atoms with Crippen LogP contribution in [0.25, 0.3) is 11.2 Å². The molecule has 0 aliphatic carbocycles. The van der Waals surface area contributed by atoms with Gasteiger partial charge >= 0.3 is 19.6 Å². The summed E-state index contributed by atoms with van der Waals surface area (Å²) >= 11 is 0. The van der Waals surface area contributed by atoms with Gasteiger partial charge in [0, 0.05) is 0 Å². The van der Waals surface area contributed by atoms with Crippen LogP contribution in [0.5, 0.6) is 5.88 Å². The summed E-state index contributed by atoms with van der Waals surface area (Å²) in [5.41, 5.74) is 5.85. The lowest BCUT2D eigenvalue weighted by Crippen LogP contribution is -2.49. The van der Waals surface area contributed by atoms with E-state index in [1.807, 2.05) is 74.5 Å². The smallest absolute Gasteiger partial charge is 0.342 e. The molecule has 0 amide bonds. The Morgan fingerprint density at radius 3 is 1.95 bits per heavy atom. The van der Waals surface area contributed by atoms with E-state index in [0.717, 1.165) is 11.1 Å². The molecule has 1 saturated heterocycles. The number of hydrogen-bond acceptors (Lipinski definition) is 14. The molecule has 56 heavy (non-hydrogen) atoms. The van der Waals surface area contributed by atoms with E-state index in [-0.39, 0.29) is 36.2 Å². The van der Waals surface area contributed by atoms with Gasteiger partial charge in [-0.05, 0) is 29.9 Å². The van der Waals surface area contributed by atoms with Crippen molar-refractivity contribution in [3.63, 3.8) is 0 Å². The number of rotatable bonds is 19. The van der Waals surface area contributed by atoms with Crippen LogP contribution in [-0.4, -0.2) is 85.3 Å². The van der Waals surface area contributed by atoms with E-state index in [0.29, 0.717) is 12.8 Å². The Hall–Kier alpha value is -4.48. The van der Waals surface area contributed by atoms with Gasteiger partial charge in [0.15, 0.2) is 17.4 Å². The van der Waals surface area contributed by atoms with Gasteiger partial charge in [-0.25, -0.2) is 15.2 Å². The Balaban J connectivity index is 1.43. The van der Waals surface area contributed by atoms with E-state index in [1.165, 1.54) is 24.9 Å². The molecule has 304 valence electrons. The first-order chi connectivity index (χ1) is 26.7. The molecule has 0 spiro atoms. The quantitative estimate of drug-likeness (QED) is 0.0666. The van der Waals surface area contributed by atoms with Gasteiger partial charge in [0.25, 0.3) is 0 Å². The largest absolute Gasteiger partial charge is 0.479 e. The van der Waals surface area contributed by atoms with Crippen LogP contribution in [-0.2, 0) is 46.1 Å². The van der Waals surface area contributed by atoms with Crippen molar-refractivity contribution in [3.05, 3.63) is 78.1 Å². The van der Waals surface area contributed by atoms with Crippen LogP contribution < -0.4 is 20.6 Å². The standard InChI is InChI=1S/C38H52N7O10P/c1-7-23(3)28(34(47)52-19-25-15-11-9-12-16-25)43-56(50,44-29(24(4)8-2)35(48)53-20-26-17-13-10-14-18-26)54-21-27-31(46)38(5,49)36(55-27)45-22-40-30-32(45)41-37(39)42-33(30)51-6/h9-18,22-24,27-29,31,36,46,49H,7-8,19-21H2,1-6H3,(H2,39,41,42)(H2,43,44,50)/t23-,24-,27+,28-,29-,31+,36+,38+/m0/s1. The van der Waals surface area contributed by atoms with E-state index in [9.17, 15) is 19.8 Å². The third-order valence-corrected chi connectivity index (χ3v) is 11.8. The molecule has 2 aromatic carbocycles. The summed E-state index contributed by atoms with van der Waals surface area (Å²) in [5.74, 6) is -2.23. The van der Waals surface area contributed by atoms with Crippen molar-refractivity contribution in [1.82, 2.24) is 29.7 Å². The van der Waals surface area contributed by atoms with Gasteiger partial charge < -0.3 is 39.4 Å². The molecule has 0 unspecified atom stereocenters. The Morgan fingerprint density at radius 2 is 1.46 bits per heavy atom. The summed E-state index contributed by atoms with van der Waals surface area (Å²) in [4.78, 5) is 40.0. The van der Waals surface area contributed by atoms with Gasteiger partial charge in [0.05, 0.1) is 20.0 Å². The zero-order valence-corrected chi connectivity index (χ0v) is 33.3. The number of benzene rings is 2. The number of fused-ring (bicyclic) bond motifs is 1. The lowest BCUT2D eigenvalue weighted by molar-refractivity contribution is -0.148. The number of esters is 2. The minimum atomic E-state index is -4.47. The Morgan fingerprint density at radius 1 is 0.946 bits per heavy atom. The van der Waals surface area contributed by atoms with Crippen molar-refractivity contribution in [3.8, 4) is 5.88 Å². The van der Waals surface area contributed by atoms with Crippen molar-refractivity contribution < 1.29 is 47.8 Å². The molecular formula is C38H52N7O10P. The number of anilines is 1. The Kier molecular flexibility index (Phi) is 14.2. The average molecular weight is 798 g/mol. The van der Waals surface area contributed by atoms with Crippen LogP contribution in [0, 0.1) is 11.8 Å². The monoisotopic (exact) mass is 797 g/mol. The molecule has 0 radical (unpaired) electrons. The summed E-state index contributed by atoms with van der Waals surface area (Å²) in [6, 6.07) is 15.9. The molecule has 1 aliphatic heterocycles. The highest BCUT2D eigenvalue weighted by atomic mass is 31.2. The molecule has 6 N–H and O–H groups in total. The number of ether oxygens (including phenoxy) is 4. The molecule has 0 bridgehead atoms. The minimum Gasteiger partial charge on any atom is -0.479 e. The third kappa shape index (κ3) is 9.90. The highest BCUT2D eigenvalue weighted by Gasteiger charge is 2.54. The number of aliphatic hydroxyl groups is 2. The second-order valence-corrected chi connectivity index (χ2v) is 16.0. The molecule has 0 saturated carbocycles.